The zero-order valence-corrected chi connectivity index (χ0v) is 10.9. The van der Waals surface area contributed by atoms with Gasteiger partial charge in [0, 0.05) is 32.9 Å². The standard InChI is InChI=1S/C12H18N4O3/c1-13-11-3-2-10(16(17)18)12(15-11)14-8-9-4-6-19-7-5-9/h2-3,9H,4-8H2,1H3,(H2,13,14,15). The second kappa shape index (κ2) is 6.33. The number of hydrogen-bond donors (Lipinski definition) is 2. The van der Waals surface area contributed by atoms with E-state index in [-0.39, 0.29) is 5.69 Å². The Bertz CT molecular complexity index is 447. The molecule has 1 aromatic heterocycles. The molecular formula is C12H18N4O3. The van der Waals surface area contributed by atoms with Crippen LogP contribution in [0.4, 0.5) is 17.3 Å². The fourth-order valence-corrected chi connectivity index (χ4v) is 2.06. The first kappa shape index (κ1) is 13.5. The normalized spacial score (nSPS) is 16.1. The van der Waals surface area contributed by atoms with Crippen LogP contribution in [0.5, 0.6) is 0 Å². The van der Waals surface area contributed by atoms with Gasteiger partial charge >= 0.3 is 5.69 Å². The van der Waals surface area contributed by atoms with Gasteiger partial charge in [0.05, 0.1) is 4.92 Å². The van der Waals surface area contributed by atoms with Crippen LogP contribution in [0.25, 0.3) is 0 Å². The molecular weight excluding hydrogens is 248 g/mol. The molecule has 1 saturated heterocycles. The van der Waals surface area contributed by atoms with Crippen LogP contribution in [0.2, 0.25) is 0 Å². The molecule has 0 unspecified atom stereocenters. The van der Waals surface area contributed by atoms with E-state index in [0.29, 0.717) is 24.1 Å². The molecule has 0 bridgehead atoms. The fraction of sp³-hybridized carbons (Fsp3) is 0.583. The van der Waals surface area contributed by atoms with Crippen molar-refractivity contribution in [3.8, 4) is 0 Å². The third-order valence-electron chi connectivity index (χ3n) is 3.23. The van der Waals surface area contributed by atoms with Crippen LogP contribution >= 0.6 is 0 Å². The Labute approximate surface area is 111 Å². The lowest BCUT2D eigenvalue weighted by Gasteiger charge is -2.22. The van der Waals surface area contributed by atoms with Gasteiger partial charge in [-0.1, -0.05) is 0 Å². The summed E-state index contributed by atoms with van der Waals surface area (Å²) in [6.45, 7) is 2.21. The molecule has 2 N–H and O–H groups in total. The first-order valence-corrected chi connectivity index (χ1v) is 6.35. The fourth-order valence-electron chi connectivity index (χ4n) is 2.06. The molecule has 1 fully saturated rings. The molecule has 104 valence electrons. The summed E-state index contributed by atoms with van der Waals surface area (Å²) in [7, 11) is 1.73. The van der Waals surface area contributed by atoms with Crippen molar-refractivity contribution in [2.75, 3.05) is 37.4 Å². The third-order valence-corrected chi connectivity index (χ3v) is 3.23. The van der Waals surface area contributed by atoms with Crippen molar-refractivity contribution in [2.24, 2.45) is 5.92 Å². The van der Waals surface area contributed by atoms with E-state index in [2.05, 4.69) is 15.6 Å². The molecule has 7 nitrogen and oxygen atoms in total. The third kappa shape index (κ3) is 3.54. The van der Waals surface area contributed by atoms with E-state index in [1.165, 1.54) is 6.07 Å². The number of rotatable bonds is 5. The number of nitrogens with one attached hydrogen (secondary N) is 2. The van der Waals surface area contributed by atoms with E-state index in [1.807, 2.05) is 0 Å². The van der Waals surface area contributed by atoms with Gasteiger partial charge in [-0.25, -0.2) is 4.98 Å². The maximum atomic E-state index is 11.0. The lowest BCUT2D eigenvalue weighted by Crippen LogP contribution is -2.23. The van der Waals surface area contributed by atoms with Gasteiger partial charge in [-0.05, 0) is 24.8 Å². The minimum atomic E-state index is -0.418. The number of aromatic nitrogens is 1. The molecule has 2 rings (SSSR count). The molecule has 1 aliphatic heterocycles. The highest BCUT2D eigenvalue weighted by molar-refractivity contribution is 5.60. The summed E-state index contributed by atoms with van der Waals surface area (Å²) in [5, 5.41) is 16.9. The van der Waals surface area contributed by atoms with E-state index in [1.54, 1.807) is 13.1 Å². The summed E-state index contributed by atoms with van der Waals surface area (Å²) < 4.78 is 5.29. The van der Waals surface area contributed by atoms with Crippen molar-refractivity contribution in [1.82, 2.24) is 4.98 Å². The van der Waals surface area contributed by atoms with Gasteiger partial charge < -0.3 is 15.4 Å². The summed E-state index contributed by atoms with van der Waals surface area (Å²) in [5.74, 6) is 1.41. The lowest BCUT2D eigenvalue weighted by molar-refractivity contribution is -0.384. The molecule has 2 heterocycles. The largest absolute Gasteiger partial charge is 0.381 e. The van der Waals surface area contributed by atoms with Crippen molar-refractivity contribution >= 4 is 17.3 Å². The van der Waals surface area contributed by atoms with Crippen LogP contribution in [0.3, 0.4) is 0 Å². The van der Waals surface area contributed by atoms with Gasteiger partial charge in [0.1, 0.15) is 5.82 Å². The van der Waals surface area contributed by atoms with Crippen LogP contribution < -0.4 is 10.6 Å². The topological polar surface area (TPSA) is 89.3 Å². The molecule has 0 saturated carbocycles. The predicted octanol–water partition coefficient (Wildman–Crippen LogP) is 1.87. The number of anilines is 2. The number of ether oxygens (including phenoxy) is 1. The van der Waals surface area contributed by atoms with Crippen LogP contribution in [-0.4, -0.2) is 36.7 Å². The molecule has 0 atom stereocenters. The molecule has 1 aliphatic rings. The number of nitro groups is 1. The van der Waals surface area contributed by atoms with Crippen LogP contribution in [0, 0.1) is 16.0 Å². The van der Waals surface area contributed by atoms with Gasteiger partial charge in [0.2, 0.25) is 5.82 Å². The van der Waals surface area contributed by atoms with Crippen LogP contribution in [-0.2, 0) is 4.74 Å². The monoisotopic (exact) mass is 266 g/mol. The Kier molecular flexibility index (Phi) is 4.51. The van der Waals surface area contributed by atoms with Crippen LogP contribution in [0.15, 0.2) is 12.1 Å². The van der Waals surface area contributed by atoms with Crippen molar-refractivity contribution in [2.45, 2.75) is 12.8 Å². The Morgan fingerprint density at radius 3 is 2.84 bits per heavy atom. The minimum Gasteiger partial charge on any atom is -0.381 e. The Balaban J connectivity index is 2.06. The first-order chi connectivity index (χ1) is 9.20. The molecule has 0 aliphatic carbocycles. The summed E-state index contributed by atoms with van der Waals surface area (Å²) in [4.78, 5) is 14.7. The Morgan fingerprint density at radius 1 is 1.47 bits per heavy atom. The maximum Gasteiger partial charge on any atom is 0.311 e. The predicted molar refractivity (Wildman–Crippen MR) is 72.5 cm³/mol. The van der Waals surface area contributed by atoms with Crippen molar-refractivity contribution in [3.63, 3.8) is 0 Å². The number of pyridine rings is 1. The highest BCUT2D eigenvalue weighted by Crippen LogP contribution is 2.25. The van der Waals surface area contributed by atoms with Crippen molar-refractivity contribution in [3.05, 3.63) is 22.2 Å². The zero-order valence-electron chi connectivity index (χ0n) is 10.9. The maximum absolute atomic E-state index is 11.0. The Hall–Kier alpha value is -1.89. The molecule has 0 aromatic carbocycles. The molecule has 7 heteroatoms. The van der Waals surface area contributed by atoms with Gasteiger partial charge in [0.25, 0.3) is 0 Å². The average Bonchev–Trinajstić information content (AvgIpc) is 2.45. The average molecular weight is 266 g/mol. The first-order valence-electron chi connectivity index (χ1n) is 6.35. The van der Waals surface area contributed by atoms with E-state index in [0.717, 1.165) is 26.1 Å². The minimum absolute atomic E-state index is 0.00561. The second-order valence-electron chi connectivity index (χ2n) is 4.51. The zero-order chi connectivity index (χ0) is 13.7. The lowest BCUT2D eigenvalue weighted by atomic mass is 10.0. The van der Waals surface area contributed by atoms with Crippen molar-refractivity contribution in [1.29, 1.82) is 0 Å². The summed E-state index contributed by atoms with van der Waals surface area (Å²) in [6, 6.07) is 3.06. The van der Waals surface area contributed by atoms with Crippen molar-refractivity contribution < 1.29 is 9.66 Å². The van der Waals surface area contributed by atoms with Gasteiger partial charge in [0.15, 0.2) is 0 Å². The molecule has 0 spiro atoms. The van der Waals surface area contributed by atoms with E-state index in [4.69, 9.17) is 4.74 Å². The highest BCUT2D eigenvalue weighted by Gasteiger charge is 2.18. The SMILES string of the molecule is CNc1ccc([N+](=O)[O-])c(NCC2CCOCC2)n1. The molecule has 0 radical (unpaired) electrons. The molecule has 0 amide bonds. The van der Waals surface area contributed by atoms with Gasteiger partial charge in [-0.3, -0.25) is 10.1 Å². The number of nitrogens with zero attached hydrogens (tertiary/aromatic N) is 2. The quantitative estimate of drug-likeness (QED) is 0.624. The summed E-state index contributed by atoms with van der Waals surface area (Å²) in [6.07, 6.45) is 1.96. The van der Waals surface area contributed by atoms with E-state index < -0.39 is 4.92 Å². The summed E-state index contributed by atoms with van der Waals surface area (Å²) in [5.41, 5.74) is 0.00561. The molecule has 1 aromatic rings. The second-order valence-corrected chi connectivity index (χ2v) is 4.51. The summed E-state index contributed by atoms with van der Waals surface area (Å²) >= 11 is 0. The van der Waals surface area contributed by atoms with E-state index >= 15 is 0 Å². The highest BCUT2D eigenvalue weighted by atomic mass is 16.6. The van der Waals surface area contributed by atoms with Crippen LogP contribution in [0.1, 0.15) is 12.8 Å². The molecule has 19 heavy (non-hydrogen) atoms. The van der Waals surface area contributed by atoms with Gasteiger partial charge in [-0.2, -0.15) is 0 Å². The smallest absolute Gasteiger partial charge is 0.311 e. The Morgan fingerprint density at radius 2 is 2.21 bits per heavy atom. The number of hydrogen-bond acceptors (Lipinski definition) is 6. The van der Waals surface area contributed by atoms with E-state index in [9.17, 15) is 10.1 Å². The van der Waals surface area contributed by atoms with Gasteiger partial charge in [-0.15, -0.1) is 0 Å².